The van der Waals surface area contributed by atoms with Gasteiger partial charge in [-0.25, -0.2) is 0 Å². The molecule has 0 aromatic carbocycles. The highest BCUT2D eigenvalue weighted by Crippen LogP contribution is 2.29. The van der Waals surface area contributed by atoms with Gasteiger partial charge in [0.1, 0.15) is 16.5 Å². The Balaban J connectivity index is 5.34. The first-order chi connectivity index (χ1) is 7.07. The lowest BCUT2D eigenvalue weighted by Gasteiger charge is -2.53. The van der Waals surface area contributed by atoms with Gasteiger partial charge in [0.05, 0.1) is 0 Å². The summed E-state index contributed by atoms with van der Waals surface area (Å²) < 4.78 is 9.51. The molecule has 2 nitrogen and oxygen atoms in total. The van der Waals surface area contributed by atoms with Crippen LogP contribution in [-0.4, -0.2) is 37.2 Å². The third kappa shape index (κ3) is 5.97. The fourth-order valence-electron chi connectivity index (χ4n) is 3.42. The molecule has 0 rings (SSSR count). The van der Waals surface area contributed by atoms with E-state index in [4.69, 9.17) is 4.12 Å². The molecule has 0 spiro atoms. The van der Waals surface area contributed by atoms with Gasteiger partial charge >= 0.3 is 0 Å². The molecule has 0 atom stereocenters. The van der Waals surface area contributed by atoms with Crippen LogP contribution >= 0.6 is 0 Å². The highest BCUT2D eigenvalue weighted by Gasteiger charge is 2.47. The molecule has 0 aliphatic carbocycles. The average Bonchev–Trinajstić information content (AvgIpc) is 1.66. The highest BCUT2D eigenvalue weighted by atomic mass is 28.5. The second-order valence-electron chi connectivity index (χ2n) is 8.34. The number of hydrogen-bond acceptors (Lipinski definition) is 2. The van der Waals surface area contributed by atoms with E-state index in [0.29, 0.717) is 0 Å². The second-order valence-corrected chi connectivity index (χ2v) is 27.6. The van der Waals surface area contributed by atoms with E-state index in [1.54, 1.807) is 0 Å². The molecule has 0 aliphatic rings. The fourth-order valence-corrected chi connectivity index (χ4v) is 31.6. The molecule has 17 heavy (non-hydrogen) atoms. The molecule has 0 aromatic rings. The normalized spacial score (nSPS) is 15.5. The summed E-state index contributed by atoms with van der Waals surface area (Å²) in [6, 6.07) is 0. The molecule has 0 unspecified atom stereocenters. The minimum Gasteiger partial charge on any atom is -0.445 e. The Labute approximate surface area is 113 Å². The Hall–Kier alpha value is 0.788. The molecule has 6 heteroatoms. The first kappa shape index (κ1) is 17.8. The van der Waals surface area contributed by atoms with E-state index in [9.17, 15) is 0 Å². The van der Waals surface area contributed by atoms with Crippen molar-refractivity contribution in [3.05, 3.63) is 0 Å². The van der Waals surface area contributed by atoms with Crippen LogP contribution in [0.25, 0.3) is 0 Å². The van der Waals surface area contributed by atoms with Crippen LogP contribution in [-0.2, 0) is 4.12 Å². The van der Waals surface area contributed by atoms with Crippen molar-refractivity contribution in [1.82, 2.24) is 3.90 Å². The first-order valence-corrected chi connectivity index (χ1v) is 19.7. The van der Waals surface area contributed by atoms with Gasteiger partial charge in [-0.3, -0.25) is 0 Å². The molecule has 0 aliphatic heterocycles. The van der Waals surface area contributed by atoms with Gasteiger partial charge < -0.3 is 8.01 Å². The lowest BCUT2D eigenvalue weighted by atomic mass is 11.8. The van der Waals surface area contributed by atoms with Crippen LogP contribution in [0.15, 0.2) is 0 Å². The van der Waals surface area contributed by atoms with Crippen molar-refractivity contribution in [2.75, 3.05) is 0 Å². The lowest BCUT2D eigenvalue weighted by molar-refractivity contribution is 0.508. The molecule has 0 N–H and O–H groups in total. The number of hydrogen-bond donors (Lipinski definition) is 0. The predicted molar refractivity (Wildman–Crippen MR) is 90.4 cm³/mol. The van der Waals surface area contributed by atoms with Crippen molar-refractivity contribution in [2.24, 2.45) is 0 Å². The highest BCUT2D eigenvalue weighted by molar-refractivity contribution is 7.03. The zero-order valence-corrected chi connectivity index (χ0v) is 17.9. The van der Waals surface area contributed by atoms with Crippen LogP contribution in [0.5, 0.6) is 0 Å². The van der Waals surface area contributed by atoms with Gasteiger partial charge in [-0.05, 0) is 32.7 Å². The van der Waals surface area contributed by atoms with Gasteiger partial charge in [-0.1, -0.05) is 39.3 Å². The number of rotatable bonds is 5. The third-order valence-corrected chi connectivity index (χ3v) is 21.9. The molecule has 0 fully saturated rings. The van der Waals surface area contributed by atoms with E-state index in [2.05, 4.69) is 75.9 Å². The molecule has 0 amide bonds. The standard InChI is InChI=1S/C11H33NOSi4/c1-14(2,3)12(15(4,5)6)17(10,11)13-16(7,8)9/h1-11H3. The Morgan fingerprint density at radius 3 is 1.06 bits per heavy atom. The van der Waals surface area contributed by atoms with E-state index in [1.807, 2.05) is 0 Å². The van der Waals surface area contributed by atoms with Crippen molar-refractivity contribution >= 4 is 33.3 Å². The summed E-state index contributed by atoms with van der Waals surface area (Å²) in [7, 11) is -5.78. The topological polar surface area (TPSA) is 12.5 Å². The maximum Gasteiger partial charge on any atom is 0.241 e. The molecule has 0 heterocycles. The summed E-state index contributed by atoms with van der Waals surface area (Å²) in [6.45, 7) is 26.5. The van der Waals surface area contributed by atoms with E-state index < -0.39 is 33.3 Å². The van der Waals surface area contributed by atoms with Crippen LogP contribution < -0.4 is 0 Å². The van der Waals surface area contributed by atoms with Crippen molar-refractivity contribution in [1.29, 1.82) is 0 Å². The summed E-state index contributed by atoms with van der Waals surface area (Å²) in [4.78, 5) is 0. The van der Waals surface area contributed by atoms with Crippen molar-refractivity contribution in [3.63, 3.8) is 0 Å². The summed E-state index contributed by atoms with van der Waals surface area (Å²) in [5.41, 5.74) is 0. The molecule has 0 radical (unpaired) electrons. The summed E-state index contributed by atoms with van der Waals surface area (Å²) in [5.74, 6) is 0. The Bertz CT molecular complexity index is 246. The van der Waals surface area contributed by atoms with Gasteiger partial charge in [0.15, 0.2) is 8.32 Å². The Kier molecular flexibility index (Phi) is 5.28. The predicted octanol–water partition coefficient (Wildman–Crippen LogP) is 4.51. The van der Waals surface area contributed by atoms with Gasteiger partial charge in [-0.15, -0.1) is 0 Å². The minimum atomic E-state index is -1.72. The van der Waals surface area contributed by atoms with Gasteiger partial charge in [-0.2, -0.15) is 0 Å². The smallest absolute Gasteiger partial charge is 0.241 e. The average molecular weight is 308 g/mol. The zero-order valence-electron chi connectivity index (χ0n) is 13.9. The van der Waals surface area contributed by atoms with E-state index in [1.165, 1.54) is 0 Å². The van der Waals surface area contributed by atoms with Crippen LogP contribution in [0.2, 0.25) is 72.0 Å². The Morgan fingerprint density at radius 2 is 0.882 bits per heavy atom. The van der Waals surface area contributed by atoms with Gasteiger partial charge in [0, 0.05) is 0 Å². The molecule has 0 saturated heterocycles. The number of nitrogens with zero attached hydrogens (tertiary/aromatic N) is 1. The van der Waals surface area contributed by atoms with Crippen molar-refractivity contribution < 1.29 is 4.12 Å². The van der Waals surface area contributed by atoms with Crippen LogP contribution in [0.3, 0.4) is 0 Å². The van der Waals surface area contributed by atoms with Crippen molar-refractivity contribution in [3.8, 4) is 0 Å². The van der Waals surface area contributed by atoms with E-state index >= 15 is 0 Å². The SMILES string of the molecule is C[Si](C)(C)O[Si](C)(C)N([Si](C)(C)C)[Si](C)(C)C. The Morgan fingerprint density at radius 1 is 0.588 bits per heavy atom. The largest absolute Gasteiger partial charge is 0.445 e. The molecule has 104 valence electrons. The molecular weight excluding hydrogens is 274 g/mol. The van der Waals surface area contributed by atoms with Crippen molar-refractivity contribution in [2.45, 2.75) is 72.0 Å². The quantitative estimate of drug-likeness (QED) is 0.693. The third-order valence-electron chi connectivity index (χ3n) is 2.44. The zero-order chi connectivity index (χ0) is 14.3. The van der Waals surface area contributed by atoms with E-state index in [-0.39, 0.29) is 0 Å². The molecule has 0 saturated carbocycles. The summed E-state index contributed by atoms with van der Waals surface area (Å²) >= 11 is 0. The van der Waals surface area contributed by atoms with Gasteiger partial charge in [0.2, 0.25) is 8.48 Å². The summed E-state index contributed by atoms with van der Waals surface area (Å²) in [5, 5.41) is 0. The molecule has 0 bridgehead atoms. The maximum absolute atomic E-state index is 6.61. The summed E-state index contributed by atoms with van der Waals surface area (Å²) in [6.07, 6.45) is 0. The molecular formula is C11H33NOSi4. The monoisotopic (exact) mass is 307 g/mol. The first-order valence-electron chi connectivity index (χ1n) is 6.58. The van der Waals surface area contributed by atoms with Crippen LogP contribution in [0, 0.1) is 0 Å². The minimum absolute atomic E-state index is 1.30. The lowest BCUT2D eigenvalue weighted by Crippen LogP contribution is -2.72. The van der Waals surface area contributed by atoms with E-state index in [0.717, 1.165) is 0 Å². The van der Waals surface area contributed by atoms with Gasteiger partial charge in [0.25, 0.3) is 0 Å². The maximum atomic E-state index is 6.61. The van der Waals surface area contributed by atoms with Crippen LogP contribution in [0.1, 0.15) is 0 Å². The van der Waals surface area contributed by atoms with Crippen LogP contribution in [0.4, 0.5) is 0 Å². The molecule has 0 aromatic heterocycles. The second kappa shape index (κ2) is 5.05. The fraction of sp³-hybridized carbons (Fsp3) is 1.00.